The Morgan fingerprint density at radius 1 is 0.592 bits per heavy atom. The van der Waals surface area contributed by atoms with Crippen molar-refractivity contribution in [3.8, 4) is 33.4 Å². The van der Waals surface area contributed by atoms with Crippen LogP contribution in [0.1, 0.15) is 43.9 Å². The number of benzene rings is 8. The first-order valence-electron chi connectivity index (χ1n) is 17.5. The third-order valence-electron chi connectivity index (χ3n) is 11.3. The van der Waals surface area contributed by atoms with E-state index in [1.807, 2.05) is 0 Å². The van der Waals surface area contributed by atoms with E-state index >= 15 is 0 Å². The topological polar surface area (TPSA) is 13.1 Å². The number of allylic oxidation sites excluding steroid dienone is 1. The quantitative estimate of drug-likeness (QED) is 0.105. The molecule has 0 radical (unpaired) electrons. The Labute approximate surface area is 286 Å². The first-order chi connectivity index (χ1) is 23.9. The fourth-order valence-corrected chi connectivity index (χ4v) is 8.90. The summed E-state index contributed by atoms with van der Waals surface area (Å²) in [5.74, 6) is 0. The van der Waals surface area contributed by atoms with Crippen LogP contribution in [-0.4, -0.2) is 0 Å². The van der Waals surface area contributed by atoms with E-state index in [0.717, 1.165) is 24.0 Å². The van der Waals surface area contributed by atoms with E-state index in [2.05, 4.69) is 155 Å². The Bertz CT molecular complexity index is 2750. The normalized spacial score (nSPS) is 13.6. The van der Waals surface area contributed by atoms with Crippen LogP contribution in [0.5, 0.6) is 0 Å². The summed E-state index contributed by atoms with van der Waals surface area (Å²) in [7, 11) is 0. The molecular formula is C48H36O. The van der Waals surface area contributed by atoms with Gasteiger partial charge in [-0.25, -0.2) is 0 Å². The summed E-state index contributed by atoms with van der Waals surface area (Å²) in [5.41, 5.74) is 14.7. The maximum Gasteiger partial charge on any atom is 0.144 e. The number of furan rings is 1. The maximum absolute atomic E-state index is 6.97. The molecule has 1 aliphatic carbocycles. The van der Waals surface area contributed by atoms with Crippen LogP contribution in [-0.2, 0) is 11.8 Å². The number of rotatable bonds is 5. The van der Waals surface area contributed by atoms with E-state index in [-0.39, 0.29) is 5.41 Å². The van der Waals surface area contributed by atoms with Crippen LogP contribution < -0.4 is 0 Å². The summed E-state index contributed by atoms with van der Waals surface area (Å²) >= 11 is 0. The molecule has 1 aliphatic rings. The van der Waals surface area contributed by atoms with Crippen LogP contribution in [0.3, 0.4) is 0 Å². The molecule has 0 saturated heterocycles. The Hall–Kier alpha value is -5.66. The molecule has 1 aromatic heterocycles. The standard InChI is InChI=1S/C48H36O/c1-5-28(2)24-29-22-23-39-38(25-29)45-40(48(39,3)4)27-37-36(26-31-16-13-21-41-43(31)46(37)47(45)49-41)44-34-19-11-9-17-32(34)42(30-14-7-6-8-15-30)33-18-10-12-20-35(33)44/h6-23,25-27H,2,5,24H2,1,3-4H3. The van der Waals surface area contributed by atoms with Gasteiger partial charge in [0.1, 0.15) is 11.2 Å². The van der Waals surface area contributed by atoms with Crippen LogP contribution in [0.25, 0.3) is 87.6 Å². The van der Waals surface area contributed by atoms with Crippen LogP contribution in [0.4, 0.5) is 0 Å². The molecule has 0 aliphatic heterocycles. The average Bonchev–Trinajstić information content (AvgIpc) is 3.62. The van der Waals surface area contributed by atoms with Gasteiger partial charge in [0.25, 0.3) is 0 Å². The van der Waals surface area contributed by atoms with Gasteiger partial charge in [-0.3, -0.25) is 0 Å². The molecule has 0 bridgehead atoms. The van der Waals surface area contributed by atoms with Crippen LogP contribution in [0, 0.1) is 0 Å². The summed E-state index contributed by atoms with van der Waals surface area (Å²) in [6.07, 6.45) is 1.89. The molecule has 1 heteroatoms. The number of fused-ring (bicyclic) bond motifs is 6. The van der Waals surface area contributed by atoms with Crippen molar-refractivity contribution in [3.05, 3.63) is 156 Å². The zero-order valence-corrected chi connectivity index (χ0v) is 28.2. The summed E-state index contributed by atoms with van der Waals surface area (Å²) in [4.78, 5) is 0. The highest BCUT2D eigenvalue weighted by atomic mass is 16.3. The molecule has 0 fully saturated rings. The van der Waals surface area contributed by atoms with Gasteiger partial charge < -0.3 is 4.42 Å². The van der Waals surface area contributed by atoms with Crippen LogP contribution in [0.2, 0.25) is 0 Å². The minimum atomic E-state index is -0.179. The van der Waals surface area contributed by atoms with Gasteiger partial charge in [-0.05, 0) is 108 Å². The fraction of sp³-hybridized carbons (Fsp3) is 0.125. The van der Waals surface area contributed by atoms with E-state index in [4.69, 9.17) is 4.42 Å². The van der Waals surface area contributed by atoms with Crippen LogP contribution in [0.15, 0.2) is 144 Å². The van der Waals surface area contributed by atoms with Crippen molar-refractivity contribution >= 4 is 54.3 Å². The molecule has 1 nitrogen and oxygen atoms in total. The second-order valence-corrected chi connectivity index (χ2v) is 14.4. The van der Waals surface area contributed by atoms with Gasteiger partial charge in [-0.15, -0.1) is 0 Å². The van der Waals surface area contributed by atoms with Gasteiger partial charge in [0.15, 0.2) is 0 Å². The number of hydrogen-bond acceptors (Lipinski definition) is 1. The zero-order chi connectivity index (χ0) is 33.0. The summed E-state index contributed by atoms with van der Waals surface area (Å²) in [6, 6.07) is 47.3. The molecule has 0 N–H and O–H groups in total. The van der Waals surface area contributed by atoms with Crippen molar-refractivity contribution in [2.24, 2.45) is 0 Å². The van der Waals surface area contributed by atoms with E-state index < -0.39 is 0 Å². The predicted octanol–water partition coefficient (Wildman–Crippen LogP) is 13.6. The molecule has 49 heavy (non-hydrogen) atoms. The zero-order valence-electron chi connectivity index (χ0n) is 28.2. The highest BCUT2D eigenvalue weighted by Crippen LogP contribution is 2.56. The van der Waals surface area contributed by atoms with Crippen molar-refractivity contribution in [2.45, 2.75) is 39.0 Å². The molecule has 8 aromatic carbocycles. The maximum atomic E-state index is 6.97. The summed E-state index contributed by atoms with van der Waals surface area (Å²) in [6.45, 7) is 11.3. The minimum Gasteiger partial charge on any atom is -0.455 e. The molecule has 9 aromatic rings. The van der Waals surface area contributed by atoms with Gasteiger partial charge >= 0.3 is 0 Å². The lowest BCUT2D eigenvalue weighted by Crippen LogP contribution is -2.15. The summed E-state index contributed by atoms with van der Waals surface area (Å²) < 4.78 is 6.97. The van der Waals surface area contributed by atoms with Gasteiger partial charge in [-0.2, -0.15) is 0 Å². The van der Waals surface area contributed by atoms with Crippen molar-refractivity contribution < 1.29 is 4.42 Å². The van der Waals surface area contributed by atoms with Crippen LogP contribution >= 0.6 is 0 Å². The molecular weight excluding hydrogens is 593 g/mol. The molecule has 1 heterocycles. The third-order valence-corrected chi connectivity index (χ3v) is 11.3. The van der Waals surface area contributed by atoms with E-state index in [1.165, 1.54) is 98.7 Å². The van der Waals surface area contributed by atoms with E-state index in [0.29, 0.717) is 0 Å². The first kappa shape index (κ1) is 28.4. The SMILES string of the molecule is C=C(CC)Cc1ccc2c(c1)-c1c(cc3c(-c4c5ccccc5c(-c5ccccc5)c5ccccc45)cc4cccc5oc1c3c45)C2(C)C. The van der Waals surface area contributed by atoms with Crippen molar-refractivity contribution in [3.63, 3.8) is 0 Å². The van der Waals surface area contributed by atoms with Crippen molar-refractivity contribution in [2.75, 3.05) is 0 Å². The Morgan fingerprint density at radius 2 is 1.27 bits per heavy atom. The average molecular weight is 629 g/mol. The van der Waals surface area contributed by atoms with Crippen molar-refractivity contribution in [1.29, 1.82) is 0 Å². The monoisotopic (exact) mass is 628 g/mol. The Balaban J connectivity index is 1.36. The van der Waals surface area contributed by atoms with Gasteiger partial charge in [-0.1, -0.05) is 142 Å². The van der Waals surface area contributed by atoms with E-state index in [1.54, 1.807) is 0 Å². The summed E-state index contributed by atoms with van der Waals surface area (Å²) in [5, 5.41) is 9.99. The lowest BCUT2D eigenvalue weighted by molar-refractivity contribution is 0.654. The molecule has 234 valence electrons. The molecule has 0 saturated carbocycles. The highest BCUT2D eigenvalue weighted by Gasteiger charge is 2.39. The molecule has 0 unspecified atom stereocenters. The lowest BCUT2D eigenvalue weighted by atomic mass is 9.79. The fourth-order valence-electron chi connectivity index (χ4n) is 8.90. The first-order valence-corrected chi connectivity index (χ1v) is 17.5. The van der Waals surface area contributed by atoms with Gasteiger partial charge in [0.2, 0.25) is 0 Å². The number of hydrogen-bond donors (Lipinski definition) is 0. The van der Waals surface area contributed by atoms with Gasteiger partial charge in [0, 0.05) is 21.8 Å². The van der Waals surface area contributed by atoms with E-state index in [9.17, 15) is 0 Å². The minimum absolute atomic E-state index is 0.179. The second-order valence-electron chi connectivity index (χ2n) is 14.4. The highest BCUT2D eigenvalue weighted by molar-refractivity contribution is 6.31. The third kappa shape index (κ3) is 3.88. The largest absolute Gasteiger partial charge is 0.455 e. The van der Waals surface area contributed by atoms with Crippen molar-refractivity contribution in [1.82, 2.24) is 0 Å². The molecule has 0 spiro atoms. The second kappa shape index (κ2) is 10.2. The molecule has 0 amide bonds. The predicted molar refractivity (Wildman–Crippen MR) is 209 cm³/mol. The molecule has 10 rings (SSSR count). The lowest BCUT2D eigenvalue weighted by Gasteiger charge is -2.23. The smallest absolute Gasteiger partial charge is 0.144 e. The van der Waals surface area contributed by atoms with Gasteiger partial charge in [0.05, 0.1) is 0 Å². The Morgan fingerprint density at radius 3 is 1.96 bits per heavy atom. The molecule has 0 atom stereocenters. The Kier molecular flexibility index (Phi) is 5.89.